The van der Waals surface area contributed by atoms with Gasteiger partial charge >= 0.3 is 12.1 Å². The Bertz CT molecular complexity index is 1490. The zero-order valence-corrected chi connectivity index (χ0v) is 25.9. The van der Waals surface area contributed by atoms with Gasteiger partial charge in [0, 0.05) is 63.8 Å². The highest BCUT2D eigenvalue weighted by Gasteiger charge is 2.21. The number of likely N-dealkylation sites (N-methyl/N-ethyl adjacent to an activating group) is 1. The van der Waals surface area contributed by atoms with Crippen molar-refractivity contribution in [3.05, 3.63) is 83.7 Å². The molecule has 1 aliphatic rings. The minimum Gasteiger partial charge on any atom is -0.444 e. The quantitative estimate of drug-likeness (QED) is 0.298. The van der Waals surface area contributed by atoms with Gasteiger partial charge in [0.1, 0.15) is 11.3 Å². The highest BCUT2D eigenvalue weighted by molar-refractivity contribution is 6.05. The number of carbonyl (C=O) groups is 3. The summed E-state index contributed by atoms with van der Waals surface area (Å²) in [6.45, 7) is 10.0. The number of hydrogen-bond acceptors (Lipinski definition) is 7. The number of nitrogens with one attached hydrogen (secondary N) is 3. The van der Waals surface area contributed by atoms with Gasteiger partial charge in [0.15, 0.2) is 11.6 Å². The summed E-state index contributed by atoms with van der Waals surface area (Å²) in [6.07, 6.45) is 0.852. The highest BCUT2D eigenvalue weighted by atomic mass is 19.2. The highest BCUT2D eigenvalue weighted by Crippen LogP contribution is 2.23. The van der Waals surface area contributed by atoms with Crippen molar-refractivity contribution in [1.82, 2.24) is 19.7 Å². The molecule has 0 aliphatic carbocycles. The molecule has 3 N–H and O–H groups in total. The smallest absolute Gasteiger partial charge is 0.412 e. The van der Waals surface area contributed by atoms with E-state index < -0.39 is 35.3 Å². The lowest BCUT2D eigenvalue weighted by atomic mass is 10.2. The van der Waals surface area contributed by atoms with Crippen LogP contribution in [0, 0.1) is 11.6 Å². The van der Waals surface area contributed by atoms with Crippen LogP contribution in [-0.4, -0.2) is 89.6 Å². The first-order valence-electron chi connectivity index (χ1n) is 14.6. The number of carbonyl (C=O) groups excluding carboxylic acids is 3. The van der Waals surface area contributed by atoms with Crippen molar-refractivity contribution in [2.45, 2.75) is 32.9 Å². The molecule has 1 aliphatic heterocycles. The summed E-state index contributed by atoms with van der Waals surface area (Å²) in [5.74, 6) is -2.56. The monoisotopic (exact) mass is 623 g/mol. The van der Waals surface area contributed by atoms with E-state index in [9.17, 15) is 23.2 Å². The van der Waals surface area contributed by atoms with Crippen LogP contribution in [0.25, 0.3) is 0 Å². The summed E-state index contributed by atoms with van der Waals surface area (Å²) in [4.78, 5) is 48.9. The number of urea groups is 1. The van der Waals surface area contributed by atoms with Crippen molar-refractivity contribution in [3.8, 4) is 0 Å². The molecular formula is C32H39F2N7O4. The van der Waals surface area contributed by atoms with E-state index in [-0.39, 0.29) is 17.9 Å². The molecule has 11 nitrogen and oxygen atoms in total. The van der Waals surface area contributed by atoms with E-state index in [1.807, 2.05) is 0 Å². The summed E-state index contributed by atoms with van der Waals surface area (Å²) in [7, 11) is 2.07. The van der Waals surface area contributed by atoms with Crippen molar-refractivity contribution in [2.75, 3.05) is 62.3 Å². The number of nitrogens with zero attached hydrogens (tertiary/aromatic N) is 4. The Balaban J connectivity index is 1.42. The summed E-state index contributed by atoms with van der Waals surface area (Å²) in [5.41, 5.74) is 0.963. The molecule has 240 valence electrons. The zero-order valence-electron chi connectivity index (χ0n) is 25.9. The molecule has 3 aromatic rings. The van der Waals surface area contributed by atoms with Crippen LogP contribution >= 0.6 is 0 Å². The Morgan fingerprint density at radius 3 is 2.22 bits per heavy atom. The van der Waals surface area contributed by atoms with Crippen LogP contribution in [0.1, 0.15) is 36.8 Å². The maximum absolute atomic E-state index is 13.8. The first-order chi connectivity index (χ1) is 21.4. The zero-order chi connectivity index (χ0) is 32.6. The molecule has 2 aromatic carbocycles. The van der Waals surface area contributed by atoms with Crippen LogP contribution in [-0.2, 0) is 11.3 Å². The summed E-state index contributed by atoms with van der Waals surface area (Å²) in [5, 5.41) is 8.04. The second-order valence-electron chi connectivity index (χ2n) is 11.8. The van der Waals surface area contributed by atoms with Crippen LogP contribution in [0.4, 0.5) is 35.4 Å². The third-order valence-corrected chi connectivity index (χ3v) is 6.98. The SMILES string of the molecule is CN1CCN(CCN(Cc2ccc(C(=O)Nc3ccccc3NC(=O)OC(C)(C)C)nc2)C(=O)Nc2ccc(F)c(F)c2)CC1. The molecule has 4 amide bonds. The van der Waals surface area contributed by atoms with Crippen LogP contribution in [0.3, 0.4) is 0 Å². The predicted molar refractivity (Wildman–Crippen MR) is 168 cm³/mol. The fourth-order valence-corrected chi connectivity index (χ4v) is 4.54. The number of amides is 4. The molecule has 0 bridgehead atoms. The number of ether oxygens (including phenoxy) is 1. The lowest BCUT2D eigenvalue weighted by Gasteiger charge is -2.34. The van der Waals surface area contributed by atoms with Gasteiger partial charge in [0.2, 0.25) is 0 Å². The van der Waals surface area contributed by atoms with E-state index in [1.165, 1.54) is 12.3 Å². The van der Waals surface area contributed by atoms with E-state index in [4.69, 9.17) is 4.74 Å². The number of aromatic nitrogens is 1. The number of rotatable bonds is 9. The molecule has 45 heavy (non-hydrogen) atoms. The van der Waals surface area contributed by atoms with Crippen LogP contribution in [0.5, 0.6) is 0 Å². The molecule has 2 heterocycles. The predicted octanol–water partition coefficient (Wildman–Crippen LogP) is 5.24. The number of piperazine rings is 1. The van der Waals surface area contributed by atoms with Crippen LogP contribution < -0.4 is 16.0 Å². The third kappa shape index (κ3) is 10.2. The Morgan fingerprint density at radius 1 is 0.911 bits per heavy atom. The summed E-state index contributed by atoms with van der Waals surface area (Å²) < 4.78 is 32.5. The third-order valence-electron chi connectivity index (χ3n) is 6.98. The van der Waals surface area contributed by atoms with E-state index >= 15 is 0 Å². The molecule has 0 unspecified atom stereocenters. The fraction of sp³-hybridized carbons (Fsp3) is 0.375. The van der Waals surface area contributed by atoms with Gasteiger partial charge in [-0.1, -0.05) is 18.2 Å². The average molecular weight is 624 g/mol. The van der Waals surface area contributed by atoms with E-state index in [2.05, 4.69) is 37.8 Å². The Hall–Kier alpha value is -4.62. The molecular weight excluding hydrogens is 584 g/mol. The Morgan fingerprint density at radius 2 is 1.60 bits per heavy atom. The molecule has 1 saturated heterocycles. The number of hydrogen-bond donors (Lipinski definition) is 3. The first kappa shape index (κ1) is 33.3. The van der Waals surface area contributed by atoms with Crippen molar-refractivity contribution in [3.63, 3.8) is 0 Å². The van der Waals surface area contributed by atoms with Crippen LogP contribution in [0.15, 0.2) is 60.8 Å². The van der Waals surface area contributed by atoms with Gasteiger partial charge in [-0.25, -0.2) is 18.4 Å². The minimum atomic E-state index is -1.06. The number of anilines is 3. The topological polar surface area (TPSA) is 119 Å². The van der Waals surface area contributed by atoms with Gasteiger partial charge < -0.3 is 25.2 Å². The van der Waals surface area contributed by atoms with E-state index in [0.29, 0.717) is 30.0 Å². The van der Waals surface area contributed by atoms with Crippen LogP contribution in [0.2, 0.25) is 0 Å². The molecule has 13 heteroatoms. The van der Waals surface area contributed by atoms with E-state index in [1.54, 1.807) is 62.1 Å². The van der Waals surface area contributed by atoms with E-state index in [0.717, 1.165) is 38.3 Å². The Labute approximate surface area is 261 Å². The average Bonchev–Trinajstić information content (AvgIpc) is 2.98. The van der Waals surface area contributed by atoms with Gasteiger partial charge in [0.05, 0.1) is 11.4 Å². The van der Waals surface area contributed by atoms with Gasteiger partial charge in [-0.2, -0.15) is 0 Å². The van der Waals surface area contributed by atoms with Crippen molar-refractivity contribution in [1.29, 1.82) is 0 Å². The summed E-state index contributed by atoms with van der Waals surface area (Å²) in [6, 6.07) is 12.7. The van der Waals surface area contributed by atoms with Crippen molar-refractivity contribution in [2.24, 2.45) is 0 Å². The molecule has 0 saturated carbocycles. The second-order valence-corrected chi connectivity index (χ2v) is 11.8. The van der Waals surface area contributed by atoms with Gasteiger partial charge in [-0.05, 0) is 63.7 Å². The number of para-hydroxylation sites is 2. The number of halogens is 2. The van der Waals surface area contributed by atoms with Crippen molar-refractivity contribution < 1.29 is 27.9 Å². The fourth-order valence-electron chi connectivity index (χ4n) is 4.54. The minimum absolute atomic E-state index is 0.126. The Kier molecular flexibility index (Phi) is 11.0. The van der Waals surface area contributed by atoms with Gasteiger partial charge in [-0.3, -0.25) is 20.0 Å². The molecule has 1 fully saturated rings. The molecule has 0 radical (unpaired) electrons. The van der Waals surface area contributed by atoms with Gasteiger partial charge in [0.25, 0.3) is 5.91 Å². The number of benzene rings is 2. The van der Waals surface area contributed by atoms with Gasteiger partial charge in [-0.15, -0.1) is 0 Å². The van der Waals surface area contributed by atoms with Crippen molar-refractivity contribution >= 4 is 35.1 Å². The lowest BCUT2D eigenvalue weighted by molar-refractivity contribution is 0.0635. The summed E-state index contributed by atoms with van der Waals surface area (Å²) >= 11 is 0. The molecule has 4 rings (SSSR count). The largest absolute Gasteiger partial charge is 0.444 e. The molecule has 0 spiro atoms. The first-order valence-corrected chi connectivity index (χ1v) is 14.6. The maximum Gasteiger partial charge on any atom is 0.412 e. The number of pyridine rings is 1. The molecule has 0 atom stereocenters. The lowest BCUT2D eigenvalue weighted by Crippen LogP contribution is -2.48. The second kappa shape index (κ2) is 14.9. The maximum atomic E-state index is 13.8. The normalized spacial score (nSPS) is 14.0. The standard InChI is InChI=1S/C32H39F2N7O4/c1-32(2,3)45-31(44)38-27-8-6-5-7-26(27)37-29(42)28-12-9-22(20-35-28)21-41(18-17-40-15-13-39(4)14-16-40)30(43)36-23-10-11-24(33)25(34)19-23/h5-12,19-20H,13-18,21H2,1-4H3,(H,36,43)(H,37,42)(H,38,44). The molecule has 1 aromatic heterocycles.